The number of carbonyl (C=O) groups excluding carboxylic acids is 2. The van der Waals surface area contributed by atoms with E-state index in [1.807, 2.05) is 13.8 Å². The Hall–Kier alpha value is -1.36. The third kappa shape index (κ3) is 11.9. The number of esters is 2. The Labute approximate surface area is 165 Å². The number of methoxy groups -OCH3 is 1. The standard InChI is InChI=1S/C20H36O6Si/c1-8-9-13-26-19(2,3)11-10-12-20(23,16-17(21)24-4)18(22)25-14-15-27(5,6)7/h23H,8-9,12-16H2,1-7H3/t20-/m1/s1. The molecule has 7 heteroatoms. The number of rotatable bonds is 11. The van der Waals surface area contributed by atoms with Crippen molar-refractivity contribution in [2.24, 2.45) is 0 Å². The highest BCUT2D eigenvalue weighted by Crippen LogP contribution is 2.20. The maximum Gasteiger partial charge on any atom is 0.339 e. The predicted molar refractivity (Wildman–Crippen MR) is 108 cm³/mol. The molecule has 27 heavy (non-hydrogen) atoms. The van der Waals surface area contributed by atoms with Gasteiger partial charge < -0.3 is 19.3 Å². The van der Waals surface area contributed by atoms with E-state index in [0.717, 1.165) is 18.9 Å². The zero-order chi connectivity index (χ0) is 21.1. The molecule has 0 unspecified atom stereocenters. The topological polar surface area (TPSA) is 82.1 Å². The molecule has 0 aliphatic carbocycles. The van der Waals surface area contributed by atoms with Crippen LogP contribution in [0.15, 0.2) is 0 Å². The van der Waals surface area contributed by atoms with Gasteiger partial charge in [-0.3, -0.25) is 4.79 Å². The lowest BCUT2D eigenvalue weighted by Gasteiger charge is -2.24. The summed E-state index contributed by atoms with van der Waals surface area (Å²) >= 11 is 0. The second-order valence-electron chi connectivity index (χ2n) is 8.42. The van der Waals surface area contributed by atoms with Crippen molar-refractivity contribution in [3.05, 3.63) is 0 Å². The van der Waals surface area contributed by atoms with Crippen LogP contribution in [0.5, 0.6) is 0 Å². The van der Waals surface area contributed by atoms with Gasteiger partial charge in [0.15, 0.2) is 5.60 Å². The van der Waals surface area contributed by atoms with E-state index >= 15 is 0 Å². The molecule has 1 atom stereocenters. The van der Waals surface area contributed by atoms with Crippen LogP contribution < -0.4 is 0 Å². The molecule has 156 valence electrons. The molecule has 0 aromatic carbocycles. The van der Waals surface area contributed by atoms with Crippen LogP contribution in [0.4, 0.5) is 0 Å². The first-order valence-electron chi connectivity index (χ1n) is 9.45. The fraction of sp³-hybridized carbons (Fsp3) is 0.800. The highest BCUT2D eigenvalue weighted by molar-refractivity contribution is 6.76. The smallest absolute Gasteiger partial charge is 0.339 e. The van der Waals surface area contributed by atoms with Crippen molar-refractivity contribution in [3.8, 4) is 11.8 Å². The van der Waals surface area contributed by atoms with Crippen LogP contribution in [0.25, 0.3) is 0 Å². The molecule has 6 nitrogen and oxygen atoms in total. The van der Waals surface area contributed by atoms with E-state index in [1.165, 1.54) is 7.11 Å². The molecule has 0 fully saturated rings. The van der Waals surface area contributed by atoms with Gasteiger partial charge in [-0.1, -0.05) is 44.8 Å². The number of carbonyl (C=O) groups is 2. The van der Waals surface area contributed by atoms with Gasteiger partial charge in [0.2, 0.25) is 0 Å². The van der Waals surface area contributed by atoms with E-state index in [0.29, 0.717) is 6.61 Å². The Morgan fingerprint density at radius 1 is 1.15 bits per heavy atom. The fourth-order valence-electron chi connectivity index (χ4n) is 2.01. The predicted octanol–water partition coefficient (Wildman–Crippen LogP) is 3.15. The number of aliphatic hydroxyl groups is 1. The third-order valence-electron chi connectivity index (χ3n) is 3.86. The summed E-state index contributed by atoms with van der Waals surface area (Å²) in [6.45, 7) is 13.0. The average Bonchev–Trinajstić information content (AvgIpc) is 2.53. The van der Waals surface area contributed by atoms with E-state index in [1.54, 1.807) is 0 Å². The summed E-state index contributed by atoms with van der Waals surface area (Å²) in [4.78, 5) is 24.0. The first kappa shape index (κ1) is 25.6. The third-order valence-corrected chi connectivity index (χ3v) is 5.56. The Morgan fingerprint density at radius 3 is 2.30 bits per heavy atom. The van der Waals surface area contributed by atoms with Crippen molar-refractivity contribution in [2.45, 2.75) is 83.3 Å². The summed E-state index contributed by atoms with van der Waals surface area (Å²) in [5.41, 5.74) is -2.73. The SMILES string of the molecule is CCCCOC(C)(C)C#CC[C@@](O)(CC(=O)OC)C(=O)OCC[Si](C)(C)C. The van der Waals surface area contributed by atoms with Crippen molar-refractivity contribution in [1.29, 1.82) is 0 Å². The maximum atomic E-state index is 12.4. The van der Waals surface area contributed by atoms with Gasteiger partial charge in [-0.2, -0.15) is 0 Å². The fourth-order valence-corrected chi connectivity index (χ4v) is 2.73. The van der Waals surface area contributed by atoms with Crippen LogP contribution in [0.1, 0.15) is 46.5 Å². The van der Waals surface area contributed by atoms with Crippen LogP contribution in [-0.4, -0.2) is 56.6 Å². The van der Waals surface area contributed by atoms with Gasteiger partial charge in [-0.05, 0) is 26.3 Å². The van der Waals surface area contributed by atoms with Crippen LogP contribution in [0.2, 0.25) is 25.7 Å². The minimum absolute atomic E-state index is 0.219. The molecule has 0 bridgehead atoms. The van der Waals surface area contributed by atoms with Gasteiger partial charge in [-0.15, -0.1) is 0 Å². The molecule has 0 aliphatic heterocycles. The molecular formula is C20H36O6Si. The zero-order valence-corrected chi connectivity index (χ0v) is 18.9. The first-order chi connectivity index (χ1) is 12.4. The molecule has 0 aromatic rings. The lowest BCUT2D eigenvalue weighted by molar-refractivity contribution is -0.170. The van der Waals surface area contributed by atoms with Crippen LogP contribution in [0, 0.1) is 11.8 Å². The highest BCUT2D eigenvalue weighted by Gasteiger charge is 2.40. The lowest BCUT2D eigenvalue weighted by atomic mass is 9.95. The first-order valence-corrected chi connectivity index (χ1v) is 13.2. The molecule has 0 saturated heterocycles. The summed E-state index contributed by atoms with van der Waals surface area (Å²) < 4.78 is 15.5. The Morgan fingerprint density at radius 2 is 1.78 bits per heavy atom. The Balaban J connectivity index is 5.05. The van der Waals surface area contributed by atoms with Crippen LogP contribution in [-0.2, 0) is 23.8 Å². The van der Waals surface area contributed by atoms with Crippen molar-refractivity contribution in [2.75, 3.05) is 20.3 Å². The van der Waals surface area contributed by atoms with Crippen LogP contribution >= 0.6 is 0 Å². The molecule has 1 N–H and O–H groups in total. The van der Waals surface area contributed by atoms with Gasteiger partial charge in [-0.25, -0.2) is 4.79 Å². The molecule has 0 aromatic heterocycles. The average molecular weight is 401 g/mol. The number of hydrogen-bond donors (Lipinski definition) is 1. The number of unbranched alkanes of at least 4 members (excludes halogenated alkanes) is 1. The minimum atomic E-state index is -2.03. The van der Waals surface area contributed by atoms with Crippen molar-refractivity contribution >= 4 is 20.0 Å². The maximum absolute atomic E-state index is 12.4. The summed E-state index contributed by atoms with van der Waals surface area (Å²) in [6.07, 6.45) is 1.22. The van der Waals surface area contributed by atoms with E-state index in [-0.39, 0.29) is 13.0 Å². The lowest BCUT2D eigenvalue weighted by Crippen LogP contribution is -2.43. The zero-order valence-electron chi connectivity index (χ0n) is 17.9. The minimum Gasteiger partial charge on any atom is -0.469 e. The second-order valence-corrected chi connectivity index (χ2v) is 14.0. The largest absolute Gasteiger partial charge is 0.469 e. The van der Waals surface area contributed by atoms with E-state index in [4.69, 9.17) is 9.47 Å². The quantitative estimate of drug-likeness (QED) is 0.248. The molecule has 0 heterocycles. The van der Waals surface area contributed by atoms with Gasteiger partial charge in [0.25, 0.3) is 0 Å². The van der Waals surface area contributed by atoms with Crippen molar-refractivity contribution < 1.29 is 28.9 Å². The summed E-state index contributed by atoms with van der Waals surface area (Å²) in [6, 6.07) is 0.775. The van der Waals surface area contributed by atoms with E-state index < -0.39 is 37.6 Å². The molecule has 0 radical (unpaired) electrons. The van der Waals surface area contributed by atoms with Gasteiger partial charge in [0.05, 0.1) is 20.1 Å². The Kier molecular flexibility index (Phi) is 10.9. The molecule has 0 spiro atoms. The molecule has 0 saturated carbocycles. The van der Waals surface area contributed by atoms with Gasteiger partial charge >= 0.3 is 11.9 Å². The van der Waals surface area contributed by atoms with Crippen molar-refractivity contribution in [3.63, 3.8) is 0 Å². The summed E-state index contributed by atoms with van der Waals surface area (Å²) in [5.74, 6) is 4.16. The second kappa shape index (κ2) is 11.5. The molecule has 0 amide bonds. The van der Waals surface area contributed by atoms with E-state index in [9.17, 15) is 14.7 Å². The summed E-state index contributed by atoms with van der Waals surface area (Å²) in [5, 5.41) is 10.7. The number of ether oxygens (including phenoxy) is 3. The normalized spacial score (nSPS) is 13.9. The molecule has 0 aliphatic rings. The van der Waals surface area contributed by atoms with Crippen molar-refractivity contribution in [1.82, 2.24) is 0 Å². The van der Waals surface area contributed by atoms with Gasteiger partial charge in [0, 0.05) is 21.1 Å². The van der Waals surface area contributed by atoms with E-state index in [2.05, 4.69) is 43.1 Å². The van der Waals surface area contributed by atoms with Gasteiger partial charge in [0.1, 0.15) is 5.60 Å². The Bertz CT molecular complexity index is 541. The van der Waals surface area contributed by atoms with Crippen LogP contribution in [0.3, 0.4) is 0 Å². The number of hydrogen-bond acceptors (Lipinski definition) is 6. The molecular weight excluding hydrogens is 364 g/mol. The molecule has 0 rings (SSSR count). The highest BCUT2D eigenvalue weighted by atomic mass is 28.3. The monoisotopic (exact) mass is 400 g/mol. The summed E-state index contributed by atoms with van der Waals surface area (Å²) in [7, 11) is -0.179.